The first-order chi connectivity index (χ1) is 8.17. The van der Waals surface area contributed by atoms with Crippen molar-refractivity contribution in [2.75, 3.05) is 13.2 Å². The number of carbonyl (C=O) groups is 1. The van der Waals surface area contributed by atoms with Crippen LogP contribution in [-0.4, -0.2) is 36.4 Å². The molecule has 2 atom stereocenters. The molecule has 1 aliphatic rings. The lowest BCUT2D eigenvalue weighted by Crippen LogP contribution is -2.40. The Labute approximate surface area is 104 Å². The highest BCUT2D eigenvalue weighted by atomic mass is 16.5. The maximum Gasteiger partial charge on any atom is 0.249 e. The number of aliphatic hydroxyl groups excluding tert-OH is 1. The number of hydrogen-bond donors (Lipinski definition) is 2. The molecule has 4 heteroatoms. The summed E-state index contributed by atoms with van der Waals surface area (Å²) in [5.74, 6) is 0.0580. The summed E-state index contributed by atoms with van der Waals surface area (Å²) in [5, 5.41) is 11.7. The van der Waals surface area contributed by atoms with Gasteiger partial charge in [-0.25, -0.2) is 0 Å². The van der Waals surface area contributed by atoms with Crippen LogP contribution in [0.25, 0.3) is 0 Å². The number of amides is 1. The Morgan fingerprint density at radius 2 is 2.12 bits per heavy atom. The Morgan fingerprint density at radius 3 is 2.65 bits per heavy atom. The van der Waals surface area contributed by atoms with E-state index in [0.29, 0.717) is 13.0 Å². The normalized spacial score (nSPS) is 20.2. The Morgan fingerprint density at radius 1 is 1.47 bits per heavy atom. The molecule has 1 amide bonds. The molecule has 0 aliphatic heterocycles. The van der Waals surface area contributed by atoms with E-state index in [9.17, 15) is 4.79 Å². The third kappa shape index (κ3) is 5.04. The summed E-state index contributed by atoms with van der Waals surface area (Å²) in [6.45, 7) is 4.48. The predicted molar refractivity (Wildman–Crippen MR) is 66.7 cm³/mol. The van der Waals surface area contributed by atoms with Gasteiger partial charge in [-0.15, -0.1) is 0 Å². The minimum absolute atomic E-state index is 0.0419. The van der Waals surface area contributed by atoms with Crippen LogP contribution in [0, 0.1) is 5.92 Å². The van der Waals surface area contributed by atoms with Crippen LogP contribution in [0.15, 0.2) is 0 Å². The molecule has 1 aliphatic carbocycles. The van der Waals surface area contributed by atoms with Gasteiger partial charge in [-0.1, -0.05) is 26.7 Å². The Kier molecular flexibility index (Phi) is 6.52. The van der Waals surface area contributed by atoms with Gasteiger partial charge in [-0.05, 0) is 25.2 Å². The molecule has 0 radical (unpaired) electrons. The fourth-order valence-electron chi connectivity index (χ4n) is 2.05. The fourth-order valence-corrected chi connectivity index (χ4v) is 2.05. The molecular weight excluding hydrogens is 218 g/mol. The van der Waals surface area contributed by atoms with Crippen molar-refractivity contribution in [3.63, 3.8) is 0 Å². The van der Waals surface area contributed by atoms with Crippen LogP contribution in [0.4, 0.5) is 0 Å². The second-order valence-electron chi connectivity index (χ2n) is 4.97. The van der Waals surface area contributed by atoms with E-state index >= 15 is 0 Å². The van der Waals surface area contributed by atoms with Crippen molar-refractivity contribution in [2.45, 2.75) is 58.2 Å². The van der Waals surface area contributed by atoms with E-state index in [0.717, 1.165) is 12.8 Å². The summed E-state index contributed by atoms with van der Waals surface area (Å²) in [6, 6.07) is 0. The van der Waals surface area contributed by atoms with Crippen molar-refractivity contribution >= 4 is 5.91 Å². The number of rotatable bonds is 7. The molecular formula is C13H25NO3. The van der Waals surface area contributed by atoms with Gasteiger partial charge in [0.15, 0.2) is 0 Å². The van der Waals surface area contributed by atoms with Gasteiger partial charge in [0.1, 0.15) is 6.10 Å². The summed E-state index contributed by atoms with van der Waals surface area (Å²) in [7, 11) is 0. The zero-order valence-corrected chi connectivity index (χ0v) is 10.9. The Hall–Kier alpha value is -0.610. The van der Waals surface area contributed by atoms with E-state index in [-0.39, 0.29) is 30.6 Å². The van der Waals surface area contributed by atoms with Crippen molar-refractivity contribution in [1.29, 1.82) is 0 Å². The first-order valence-corrected chi connectivity index (χ1v) is 6.71. The average Bonchev–Trinajstić information content (AvgIpc) is 2.85. The number of ether oxygens (including phenoxy) is 1. The monoisotopic (exact) mass is 243 g/mol. The molecule has 0 aromatic rings. The zero-order chi connectivity index (χ0) is 12.7. The topological polar surface area (TPSA) is 58.6 Å². The highest BCUT2D eigenvalue weighted by molar-refractivity contribution is 5.80. The highest BCUT2D eigenvalue weighted by Crippen LogP contribution is 2.22. The molecule has 0 bridgehead atoms. The smallest absolute Gasteiger partial charge is 0.249 e. The molecule has 1 fully saturated rings. The third-order valence-electron chi connectivity index (χ3n) is 3.26. The summed E-state index contributed by atoms with van der Waals surface area (Å²) >= 11 is 0. The van der Waals surface area contributed by atoms with Gasteiger partial charge in [0, 0.05) is 13.2 Å². The number of nitrogens with one attached hydrogen (secondary N) is 1. The van der Waals surface area contributed by atoms with E-state index in [2.05, 4.69) is 5.32 Å². The molecule has 0 heterocycles. The molecule has 100 valence electrons. The molecule has 0 aromatic heterocycles. The molecule has 0 saturated heterocycles. The van der Waals surface area contributed by atoms with E-state index in [1.54, 1.807) is 0 Å². The molecule has 1 rings (SSSR count). The highest BCUT2D eigenvalue weighted by Gasteiger charge is 2.24. The first kappa shape index (κ1) is 14.5. The molecule has 2 N–H and O–H groups in total. The fraction of sp³-hybridized carbons (Fsp3) is 0.923. The summed E-state index contributed by atoms with van der Waals surface area (Å²) in [5.41, 5.74) is 0. The van der Waals surface area contributed by atoms with Gasteiger partial charge in [0.2, 0.25) is 5.91 Å². The van der Waals surface area contributed by atoms with Crippen LogP contribution >= 0.6 is 0 Å². The van der Waals surface area contributed by atoms with Gasteiger partial charge < -0.3 is 15.2 Å². The second-order valence-corrected chi connectivity index (χ2v) is 4.97. The summed E-state index contributed by atoms with van der Waals surface area (Å²) < 4.78 is 5.81. The van der Waals surface area contributed by atoms with Crippen molar-refractivity contribution in [3.05, 3.63) is 0 Å². The average molecular weight is 243 g/mol. The number of hydrogen-bond acceptors (Lipinski definition) is 3. The van der Waals surface area contributed by atoms with Crippen LogP contribution < -0.4 is 5.32 Å². The summed E-state index contributed by atoms with van der Waals surface area (Å²) in [4.78, 5) is 11.9. The van der Waals surface area contributed by atoms with Crippen molar-refractivity contribution < 1.29 is 14.6 Å². The summed E-state index contributed by atoms with van der Waals surface area (Å²) in [6.07, 6.45) is 5.22. The minimum atomic E-state index is -0.330. The Bertz CT molecular complexity index is 227. The van der Waals surface area contributed by atoms with E-state index < -0.39 is 0 Å². The van der Waals surface area contributed by atoms with E-state index in [1.807, 2.05) is 13.8 Å². The number of carbonyl (C=O) groups excluding carboxylic acids is 1. The van der Waals surface area contributed by atoms with Gasteiger partial charge in [-0.2, -0.15) is 0 Å². The maximum absolute atomic E-state index is 11.9. The van der Waals surface area contributed by atoms with Gasteiger partial charge in [0.25, 0.3) is 0 Å². The lowest BCUT2D eigenvalue weighted by molar-refractivity contribution is -0.137. The zero-order valence-electron chi connectivity index (χ0n) is 10.9. The third-order valence-corrected chi connectivity index (χ3v) is 3.26. The lowest BCUT2D eigenvalue weighted by atomic mass is 10.2. The maximum atomic E-state index is 11.9. The molecule has 1 saturated carbocycles. The first-order valence-electron chi connectivity index (χ1n) is 6.71. The van der Waals surface area contributed by atoms with Gasteiger partial charge in [-0.3, -0.25) is 4.79 Å². The molecule has 2 unspecified atom stereocenters. The molecule has 0 spiro atoms. The molecule has 17 heavy (non-hydrogen) atoms. The van der Waals surface area contributed by atoms with Crippen LogP contribution in [0.3, 0.4) is 0 Å². The SMILES string of the molecule is CCC(OC1CCCC1)C(=O)NCC(C)CO. The quantitative estimate of drug-likeness (QED) is 0.712. The van der Waals surface area contributed by atoms with Crippen LogP contribution in [0.5, 0.6) is 0 Å². The Balaban J connectivity index is 2.29. The van der Waals surface area contributed by atoms with Crippen molar-refractivity contribution in [2.24, 2.45) is 5.92 Å². The standard InChI is InChI=1S/C13H25NO3/c1-3-12(17-11-6-4-5-7-11)13(16)14-8-10(2)9-15/h10-12,15H,3-9H2,1-2H3,(H,14,16). The number of aliphatic hydroxyl groups is 1. The van der Waals surface area contributed by atoms with Crippen LogP contribution in [0.1, 0.15) is 46.0 Å². The molecule has 0 aromatic carbocycles. The predicted octanol–water partition coefficient (Wildman–Crippen LogP) is 1.47. The van der Waals surface area contributed by atoms with Gasteiger partial charge >= 0.3 is 0 Å². The molecule has 4 nitrogen and oxygen atoms in total. The van der Waals surface area contributed by atoms with Crippen molar-refractivity contribution in [3.8, 4) is 0 Å². The van der Waals surface area contributed by atoms with Crippen molar-refractivity contribution in [1.82, 2.24) is 5.32 Å². The van der Waals surface area contributed by atoms with Crippen LogP contribution in [-0.2, 0) is 9.53 Å². The van der Waals surface area contributed by atoms with E-state index in [4.69, 9.17) is 9.84 Å². The lowest BCUT2D eigenvalue weighted by Gasteiger charge is -2.21. The van der Waals surface area contributed by atoms with Gasteiger partial charge in [0.05, 0.1) is 6.10 Å². The minimum Gasteiger partial charge on any atom is -0.396 e. The van der Waals surface area contributed by atoms with Crippen LogP contribution in [0.2, 0.25) is 0 Å². The van der Waals surface area contributed by atoms with E-state index in [1.165, 1.54) is 12.8 Å². The largest absolute Gasteiger partial charge is 0.396 e. The second kappa shape index (κ2) is 7.67.